The van der Waals surface area contributed by atoms with Crippen LogP contribution in [0, 0.1) is 27.7 Å². The molecular weight excluding hydrogens is 400 g/mol. The molecule has 0 N–H and O–H groups in total. The van der Waals surface area contributed by atoms with Crippen molar-refractivity contribution < 1.29 is 26.5 Å². The minimum atomic E-state index is 0. The zero-order valence-electron chi connectivity index (χ0n) is 17.3. The van der Waals surface area contributed by atoms with Gasteiger partial charge in [0.05, 0.1) is 5.75 Å². The molecule has 0 amide bonds. The van der Waals surface area contributed by atoms with Gasteiger partial charge in [0.25, 0.3) is 0 Å². The number of hydrogen-bond donors (Lipinski definition) is 0. The zero-order chi connectivity index (χ0) is 19.9. The summed E-state index contributed by atoms with van der Waals surface area (Å²) in [7, 11) is 0. The van der Waals surface area contributed by atoms with Crippen LogP contribution in [0.1, 0.15) is 22.3 Å². The van der Waals surface area contributed by atoms with Crippen molar-refractivity contribution >= 4 is 0 Å². The van der Waals surface area contributed by atoms with E-state index in [1.165, 1.54) is 22.3 Å². The first-order chi connectivity index (χ1) is 13.5. The molecule has 4 aromatic rings. The molecule has 0 fully saturated rings. The second-order valence-electron chi connectivity index (χ2n) is 6.84. The van der Waals surface area contributed by atoms with Gasteiger partial charge < -0.3 is 39.5 Å². The van der Waals surface area contributed by atoms with Gasteiger partial charge in [-0.3, -0.25) is 0 Å². The predicted octanol–water partition coefficient (Wildman–Crippen LogP) is 7.63. The third-order valence-electron chi connectivity index (χ3n) is 4.83. The molecule has 0 unspecified atom stereocenters. The van der Waals surface area contributed by atoms with Crippen LogP contribution in [0.25, 0.3) is 0 Å². The van der Waals surface area contributed by atoms with E-state index in [1.807, 2.05) is 72.8 Å². The average Bonchev–Trinajstić information content (AvgIpc) is 3.38. The van der Waals surface area contributed by atoms with Crippen molar-refractivity contribution in [2.45, 2.75) is 27.7 Å². The van der Waals surface area contributed by atoms with Crippen molar-refractivity contribution in [2.24, 2.45) is 0 Å². The maximum absolute atomic E-state index is 5.73. The van der Waals surface area contributed by atoms with Gasteiger partial charge in [0.2, 0.25) is 0 Å². The van der Waals surface area contributed by atoms with Gasteiger partial charge in [-0.25, -0.2) is 0 Å². The molecule has 0 bridgehead atoms. The molecule has 2 nitrogen and oxygen atoms in total. The van der Waals surface area contributed by atoms with Gasteiger partial charge >= 0.3 is 0 Å². The fourth-order valence-corrected chi connectivity index (χ4v) is 2.77. The van der Waals surface area contributed by atoms with Gasteiger partial charge in [-0.2, -0.15) is 12.1 Å². The molecule has 0 saturated heterocycles. The maximum atomic E-state index is 5.73. The standard InChI is InChI=1S/2C13H13O.Fe/c2*1-10-6-5-9-13(11(10)2)14-12-7-3-4-8-12;/h2*3-9H,1-2H3;/q-5;-1;. The third-order valence-corrected chi connectivity index (χ3v) is 4.83. The van der Waals surface area contributed by atoms with E-state index in [1.54, 1.807) is 0 Å². The number of ether oxygens (including phenoxy) is 2. The summed E-state index contributed by atoms with van der Waals surface area (Å²) in [6.07, 6.45) is 0. The smallest absolute Gasteiger partial charge is 0.0522 e. The Balaban J connectivity index is 0.000000200. The topological polar surface area (TPSA) is 18.5 Å². The molecule has 0 heterocycles. The first kappa shape index (κ1) is 22.5. The normalized spacial score (nSPS) is 9.79. The molecule has 156 valence electrons. The van der Waals surface area contributed by atoms with Crippen LogP contribution < -0.4 is 9.47 Å². The maximum Gasteiger partial charge on any atom is 0.0522 e. The second kappa shape index (κ2) is 10.7. The Morgan fingerprint density at radius 1 is 0.655 bits per heavy atom. The van der Waals surface area contributed by atoms with Crippen LogP contribution in [0.2, 0.25) is 0 Å². The van der Waals surface area contributed by atoms with Gasteiger partial charge in [0.15, 0.2) is 0 Å². The summed E-state index contributed by atoms with van der Waals surface area (Å²) in [6, 6.07) is 27.9. The molecule has 0 radical (unpaired) electrons. The molecule has 3 heteroatoms. The molecule has 0 atom stereocenters. The van der Waals surface area contributed by atoms with Crippen LogP contribution in [0.15, 0.2) is 84.9 Å². The Morgan fingerprint density at radius 2 is 1.14 bits per heavy atom. The predicted molar refractivity (Wildman–Crippen MR) is 116 cm³/mol. The van der Waals surface area contributed by atoms with Gasteiger partial charge in [0.1, 0.15) is 0 Å². The van der Waals surface area contributed by atoms with E-state index < -0.39 is 0 Å². The summed E-state index contributed by atoms with van der Waals surface area (Å²) in [4.78, 5) is 0. The van der Waals surface area contributed by atoms with E-state index >= 15 is 0 Å². The SMILES string of the molecule is Cc1cccc(O[c-]2[cH-][cH-][cH-][cH-]2)c1C.Cc1cccc(O[c-]2cccc2)c1C.[Fe]. The van der Waals surface area contributed by atoms with E-state index in [0.29, 0.717) is 0 Å². The Morgan fingerprint density at radius 3 is 1.66 bits per heavy atom. The van der Waals surface area contributed by atoms with E-state index in [4.69, 9.17) is 9.47 Å². The van der Waals surface area contributed by atoms with Gasteiger partial charge in [-0.1, -0.05) is 48.4 Å². The Kier molecular flexibility index (Phi) is 8.33. The van der Waals surface area contributed by atoms with Crippen molar-refractivity contribution in [3.05, 3.63) is 107 Å². The minimum Gasteiger partial charge on any atom is -0.779 e. The van der Waals surface area contributed by atoms with Crippen LogP contribution in [-0.4, -0.2) is 0 Å². The largest absolute Gasteiger partial charge is 0.779 e. The van der Waals surface area contributed by atoms with Crippen molar-refractivity contribution in [3.8, 4) is 23.0 Å². The number of aryl methyl sites for hydroxylation is 2. The number of hydrogen-bond acceptors (Lipinski definition) is 2. The summed E-state index contributed by atoms with van der Waals surface area (Å²) >= 11 is 0. The first-order valence-electron chi connectivity index (χ1n) is 9.46. The molecule has 29 heavy (non-hydrogen) atoms. The molecule has 0 spiro atoms. The number of benzene rings is 2. The second-order valence-corrected chi connectivity index (χ2v) is 6.84. The quantitative estimate of drug-likeness (QED) is 0.247. The molecule has 4 aromatic carbocycles. The molecule has 0 aromatic heterocycles. The van der Waals surface area contributed by atoms with Crippen LogP contribution in [0.5, 0.6) is 23.0 Å². The molecule has 0 aliphatic rings. The Hall–Kier alpha value is -2.74. The summed E-state index contributed by atoms with van der Waals surface area (Å²) in [5, 5.41) is 0. The Bertz CT molecular complexity index is 916. The van der Waals surface area contributed by atoms with Crippen molar-refractivity contribution in [1.82, 2.24) is 0 Å². The van der Waals surface area contributed by atoms with E-state index in [-0.39, 0.29) is 17.1 Å². The molecular formula is C26H26FeO2-6. The first-order valence-corrected chi connectivity index (χ1v) is 9.46. The Labute approximate surface area is 184 Å². The summed E-state index contributed by atoms with van der Waals surface area (Å²) in [6.45, 7) is 8.33. The van der Waals surface area contributed by atoms with E-state index in [9.17, 15) is 0 Å². The monoisotopic (exact) mass is 426 g/mol. The van der Waals surface area contributed by atoms with Gasteiger partial charge in [0, 0.05) is 22.8 Å². The minimum absolute atomic E-state index is 0. The summed E-state index contributed by atoms with van der Waals surface area (Å²) in [5.41, 5.74) is 4.92. The molecule has 0 aliphatic carbocycles. The van der Waals surface area contributed by atoms with Crippen molar-refractivity contribution in [1.29, 1.82) is 0 Å². The van der Waals surface area contributed by atoms with Crippen LogP contribution in [0.4, 0.5) is 0 Å². The van der Waals surface area contributed by atoms with Crippen LogP contribution in [-0.2, 0) is 17.1 Å². The van der Waals surface area contributed by atoms with Crippen LogP contribution >= 0.6 is 0 Å². The van der Waals surface area contributed by atoms with Crippen LogP contribution in [0.3, 0.4) is 0 Å². The summed E-state index contributed by atoms with van der Waals surface area (Å²) in [5.74, 6) is 3.69. The molecule has 0 aliphatic heterocycles. The fourth-order valence-electron chi connectivity index (χ4n) is 2.77. The van der Waals surface area contributed by atoms with Crippen molar-refractivity contribution in [2.75, 3.05) is 0 Å². The third kappa shape index (κ3) is 6.12. The van der Waals surface area contributed by atoms with Gasteiger partial charge in [-0.05, 0) is 26.3 Å². The molecule has 4 rings (SSSR count). The molecule has 0 saturated carbocycles. The van der Waals surface area contributed by atoms with Gasteiger partial charge in [-0.15, -0.1) is 29.5 Å². The zero-order valence-corrected chi connectivity index (χ0v) is 18.4. The fraction of sp³-hybridized carbons (Fsp3) is 0.154. The van der Waals surface area contributed by atoms with E-state index in [0.717, 1.165) is 23.0 Å². The van der Waals surface area contributed by atoms with Crippen molar-refractivity contribution in [3.63, 3.8) is 0 Å². The summed E-state index contributed by atoms with van der Waals surface area (Å²) < 4.78 is 11.5. The van der Waals surface area contributed by atoms with E-state index in [2.05, 4.69) is 39.8 Å². The average molecular weight is 426 g/mol. The number of rotatable bonds is 4.